The van der Waals surface area contributed by atoms with Gasteiger partial charge in [0.15, 0.2) is 0 Å². The Morgan fingerprint density at radius 2 is 1.81 bits per heavy atom. The van der Waals surface area contributed by atoms with Crippen LogP contribution in [-0.4, -0.2) is 71.2 Å². The third kappa shape index (κ3) is 6.84. The zero-order valence-electron chi connectivity index (χ0n) is 24.3. The van der Waals surface area contributed by atoms with Crippen LogP contribution in [0.15, 0.2) is 66.7 Å². The number of benzene rings is 3. The normalized spacial score (nSPS) is 21.7. The number of fused-ring (bicyclic) bond motifs is 1. The fraction of sp³-hybridized carbons (Fsp3) is 0.394. The highest BCUT2D eigenvalue weighted by Crippen LogP contribution is 2.33. The number of carbonyl (C=O) groups excluding carboxylic acids is 4. The second-order valence-electron chi connectivity index (χ2n) is 11.4. The van der Waals surface area contributed by atoms with Crippen molar-refractivity contribution in [2.75, 3.05) is 19.6 Å². The molecule has 2 saturated heterocycles. The highest BCUT2D eigenvalue weighted by atomic mass is 35.5. The zero-order valence-corrected chi connectivity index (χ0v) is 25.1. The van der Waals surface area contributed by atoms with Crippen LogP contribution in [0, 0.1) is 0 Å². The standard InChI is InChI=1S/C33H38ClN5O4/c1-21-15-17-38(28(31(35)41)19-23-10-6-9-22-8-2-3-13-26(22)23)33(43)30(24-11-7-12-25(34)18-24)39(21)29(40)20-37-32(42)27-14-4-5-16-36-27/h2-3,6-13,18,21,27-28,30,36H,4-5,14-17,19-20H2,1H3,(H2,35,41)(H,37,42)/t21-,27-,28-,30+/m1/s1. The van der Waals surface area contributed by atoms with Gasteiger partial charge < -0.3 is 26.2 Å². The lowest BCUT2D eigenvalue weighted by atomic mass is 9.96. The SMILES string of the molecule is C[C@@H]1CCN([C@H](Cc2cccc3ccccc23)C(N)=O)C(=O)[C@H](c2cccc(Cl)c2)N1C(=O)CNC(=O)[C@H]1CCCCN1. The predicted octanol–water partition coefficient (Wildman–Crippen LogP) is 3.34. The summed E-state index contributed by atoms with van der Waals surface area (Å²) in [6.45, 7) is 2.62. The largest absolute Gasteiger partial charge is 0.368 e. The van der Waals surface area contributed by atoms with Gasteiger partial charge in [0.2, 0.25) is 17.7 Å². The summed E-state index contributed by atoms with van der Waals surface area (Å²) in [7, 11) is 0. The number of hydrogen-bond acceptors (Lipinski definition) is 5. The van der Waals surface area contributed by atoms with Crippen molar-refractivity contribution in [3.8, 4) is 0 Å². The Morgan fingerprint density at radius 1 is 1.05 bits per heavy atom. The van der Waals surface area contributed by atoms with E-state index in [0.717, 1.165) is 35.7 Å². The smallest absolute Gasteiger partial charge is 0.250 e. The van der Waals surface area contributed by atoms with Crippen LogP contribution in [0.25, 0.3) is 10.8 Å². The number of nitrogens with two attached hydrogens (primary N) is 1. The third-order valence-corrected chi connectivity index (χ3v) is 8.78. The summed E-state index contributed by atoms with van der Waals surface area (Å²) < 4.78 is 0. The van der Waals surface area contributed by atoms with Crippen LogP contribution in [0.3, 0.4) is 0 Å². The highest BCUT2D eigenvalue weighted by molar-refractivity contribution is 6.30. The molecular weight excluding hydrogens is 566 g/mol. The molecular formula is C33H38ClN5O4. The first-order valence-electron chi connectivity index (χ1n) is 14.9. The number of hydrogen-bond donors (Lipinski definition) is 3. The third-order valence-electron chi connectivity index (χ3n) is 8.55. The van der Waals surface area contributed by atoms with Crippen molar-refractivity contribution in [3.63, 3.8) is 0 Å². The van der Waals surface area contributed by atoms with Crippen LogP contribution in [0.1, 0.15) is 49.8 Å². The molecule has 2 heterocycles. The number of primary amides is 1. The van der Waals surface area contributed by atoms with E-state index in [0.29, 0.717) is 23.4 Å². The molecule has 3 aromatic rings. The van der Waals surface area contributed by atoms with Gasteiger partial charge >= 0.3 is 0 Å². The topological polar surface area (TPSA) is 125 Å². The molecule has 0 saturated carbocycles. The maximum Gasteiger partial charge on any atom is 0.250 e. The molecule has 9 nitrogen and oxygen atoms in total. The maximum absolute atomic E-state index is 14.5. The summed E-state index contributed by atoms with van der Waals surface area (Å²) in [6, 6.07) is 17.9. The van der Waals surface area contributed by atoms with Crippen molar-refractivity contribution < 1.29 is 19.2 Å². The second-order valence-corrected chi connectivity index (χ2v) is 11.8. The Bertz CT molecular complexity index is 1500. The molecule has 226 valence electrons. The Morgan fingerprint density at radius 3 is 2.56 bits per heavy atom. The Balaban J connectivity index is 1.45. The molecule has 2 aliphatic rings. The monoisotopic (exact) mass is 603 g/mol. The predicted molar refractivity (Wildman–Crippen MR) is 166 cm³/mol. The summed E-state index contributed by atoms with van der Waals surface area (Å²) in [5, 5.41) is 8.39. The van der Waals surface area contributed by atoms with Crippen LogP contribution in [-0.2, 0) is 25.6 Å². The molecule has 0 aromatic heterocycles. The first-order valence-corrected chi connectivity index (χ1v) is 15.3. The molecule has 4 N–H and O–H groups in total. The summed E-state index contributed by atoms with van der Waals surface area (Å²) in [4.78, 5) is 57.1. The lowest BCUT2D eigenvalue weighted by molar-refractivity contribution is -0.148. The van der Waals surface area contributed by atoms with Crippen LogP contribution >= 0.6 is 11.6 Å². The minimum absolute atomic E-state index is 0.230. The quantitative estimate of drug-likeness (QED) is 0.364. The number of halogens is 1. The Kier molecular flexibility index (Phi) is 9.62. The van der Waals surface area contributed by atoms with E-state index < -0.39 is 23.9 Å². The molecule has 2 aliphatic heterocycles. The molecule has 4 atom stereocenters. The van der Waals surface area contributed by atoms with E-state index >= 15 is 0 Å². The van der Waals surface area contributed by atoms with E-state index in [4.69, 9.17) is 17.3 Å². The summed E-state index contributed by atoms with van der Waals surface area (Å²) in [6.07, 6.45) is 3.33. The Labute approximate surface area is 256 Å². The molecule has 43 heavy (non-hydrogen) atoms. The van der Waals surface area contributed by atoms with Crippen LogP contribution < -0.4 is 16.4 Å². The van der Waals surface area contributed by atoms with Crippen molar-refractivity contribution in [1.29, 1.82) is 0 Å². The lowest BCUT2D eigenvalue weighted by Crippen LogP contribution is -2.54. The van der Waals surface area contributed by atoms with Gasteiger partial charge in [-0.15, -0.1) is 0 Å². The molecule has 5 rings (SSSR count). The fourth-order valence-corrected chi connectivity index (χ4v) is 6.48. The first kappa shape index (κ1) is 30.5. The van der Waals surface area contributed by atoms with E-state index in [9.17, 15) is 19.2 Å². The van der Waals surface area contributed by atoms with E-state index in [2.05, 4.69) is 10.6 Å². The molecule has 10 heteroatoms. The number of amides is 4. The van der Waals surface area contributed by atoms with Crippen LogP contribution in [0.5, 0.6) is 0 Å². The van der Waals surface area contributed by atoms with Crippen molar-refractivity contribution in [1.82, 2.24) is 20.4 Å². The van der Waals surface area contributed by atoms with E-state index in [-0.39, 0.29) is 43.4 Å². The highest BCUT2D eigenvalue weighted by Gasteiger charge is 2.43. The summed E-state index contributed by atoms with van der Waals surface area (Å²) in [5.41, 5.74) is 7.40. The minimum atomic E-state index is -1.05. The van der Waals surface area contributed by atoms with Gasteiger partial charge in [0.25, 0.3) is 5.91 Å². The molecule has 3 aromatic carbocycles. The number of nitrogens with one attached hydrogen (secondary N) is 2. The number of piperidine rings is 1. The van der Waals surface area contributed by atoms with E-state index in [1.807, 2.05) is 49.4 Å². The summed E-state index contributed by atoms with van der Waals surface area (Å²) >= 11 is 6.35. The molecule has 0 radical (unpaired) electrons. The number of carbonyl (C=O) groups is 4. The average molecular weight is 604 g/mol. The van der Waals surface area contributed by atoms with Crippen LogP contribution in [0.4, 0.5) is 0 Å². The molecule has 0 spiro atoms. The Hall–Kier alpha value is -3.95. The lowest BCUT2D eigenvalue weighted by Gasteiger charge is -2.36. The van der Waals surface area contributed by atoms with Crippen molar-refractivity contribution in [2.45, 2.75) is 63.2 Å². The average Bonchev–Trinajstić information content (AvgIpc) is 3.14. The van der Waals surface area contributed by atoms with Crippen LogP contribution in [0.2, 0.25) is 5.02 Å². The second kappa shape index (κ2) is 13.6. The van der Waals surface area contributed by atoms with E-state index in [1.165, 1.54) is 9.80 Å². The molecule has 2 fully saturated rings. The fourth-order valence-electron chi connectivity index (χ4n) is 6.28. The van der Waals surface area contributed by atoms with Gasteiger partial charge in [0.05, 0.1) is 12.6 Å². The first-order chi connectivity index (χ1) is 20.7. The number of nitrogens with zero attached hydrogens (tertiary/aromatic N) is 2. The summed E-state index contributed by atoms with van der Waals surface area (Å²) in [5.74, 6) is -1.65. The van der Waals surface area contributed by atoms with Gasteiger partial charge in [0, 0.05) is 24.0 Å². The van der Waals surface area contributed by atoms with E-state index in [1.54, 1.807) is 24.3 Å². The van der Waals surface area contributed by atoms with Gasteiger partial charge in [-0.25, -0.2) is 0 Å². The molecule has 4 amide bonds. The van der Waals surface area contributed by atoms with Crippen molar-refractivity contribution >= 4 is 46.0 Å². The van der Waals surface area contributed by atoms with Gasteiger partial charge in [-0.1, -0.05) is 72.6 Å². The van der Waals surface area contributed by atoms with Gasteiger partial charge in [-0.3, -0.25) is 19.2 Å². The molecule has 0 bridgehead atoms. The van der Waals surface area contributed by atoms with Gasteiger partial charge in [-0.2, -0.15) is 0 Å². The van der Waals surface area contributed by atoms with Crippen molar-refractivity contribution in [2.24, 2.45) is 5.73 Å². The zero-order chi connectivity index (χ0) is 30.5. The van der Waals surface area contributed by atoms with Gasteiger partial charge in [-0.05, 0) is 66.8 Å². The number of rotatable bonds is 8. The van der Waals surface area contributed by atoms with Gasteiger partial charge in [0.1, 0.15) is 12.1 Å². The maximum atomic E-state index is 14.5. The molecule has 0 unspecified atom stereocenters. The minimum Gasteiger partial charge on any atom is -0.368 e. The molecule has 0 aliphatic carbocycles. The van der Waals surface area contributed by atoms with Crippen molar-refractivity contribution in [3.05, 3.63) is 82.9 Å².